The average molecular weight is 248 g/mol. The Hall–Kier alpha value is -1.62. The normalized spacial score (nSPS) is 18.7. The van der Waals surface area contributed by atoms with Gasteiger partial charge in [0.1, 0.15) is 17.3 Å². The number of aromatic nitrogens is 1. The van der Waals surface area contributed by atoms with Gasteiger partial charge >= 0.3 is 0 Å². The van der Waals surface area contributed by atoms with Crippen LogP contribution in [0.4, 0.5) is 5.82 Å². The van der Waals surface area contributed by atoms with E-state index in [1.54, 1.807) is 6.07 Å². The number of nitrogen functional groups attached to an aromatic ring is 1. The number of pyridine rings is 1. The number of amidine groups is 1. The minimum Gasteiger partial charge on any atom is -0.393 e. The molecule has 1 aliphatic heterocycles. The van der Waals surface area contributed by atoms with Gasteiger partial charge in [0.25, 0.3) is 0 Å². The number of nitrogens with one attached hydrogen (secondary N) is 1. The summed E-state index contributed by atoms with van der Waals surface area (Å²) in [4.78, 5) is 6.57. The first-order valence-electron chi connectivity index (χ1n) is 6.32. The minimum atomic E-state index is -0.233. The van der Waals surface area contributed by atoms with Crippen LogP contribution in [0, 0.1) is 11.3 Å². The van der Waals surface area contributed by atoms with Crippen LogP contribution in [0.3, 0.4) is 0 Å². The first kappa shape index (κ1) is 12.8. The Labute approximate surface area is 107 Å². The molecule has 5 nitrogen and oxygen atoms in total. The molecule has 0 bridgehead atoms. The molecule has 4 N–H and O–H groups in total. The summed E-state index contributed by atoms with van der Waals surface area (Å²) >= 11 is 0. The number of nitrogens with two attached hydrogens (primary N) is 1. The summed E-state index contributed by atoms with van der Waals surface area (Å²) in [6.45, 7) is 3.64. The quantitative estimate of drug-likeness (QED) is 0.549. The second kappa shape index (κ2) is 5.35. The molecule has 1 unspecified atom stereocenters. The topological polar surface area (TPSA) is 86.2 Å². The van der Waals surface area contributed by atoms with E-state index in [9.17, 15) is 5.11 Å². The Kier molecular flexibility index (Phi) is 3.81. The largest absolute Gasteiger partial charge is 0.393 e. The lowest BCUT2D eigenvalue weighted by Crippen LogP contribution is -2.37. The van der Waals surface area contributed by atoms with Gasteiger partial charge in [0.15, 0.2) is 0 Å². The lowest BCUT2D eigenvalue weighted by atomic mass is 9.92. The van der Waals surface area contributed by atoms with Crippen molar-refractivity contribution in [1.82, 2.24) is 4.98 Å². The molecule has 0 aliphatic carbocycles. The van der Waals surface area contributed by atoms with Crippen molar-refractivity contribution in [3.05, 3.63) is 23.9 Å². The molecule has 1 aromatic heterocycles. The van der Waals surface area contributed by atoms with Gasteiger partial charge in [-0.25, -0.2) is 4.98 Å². The van der Waals surface area contributed by atoms with E-state index in [2.05, 4.69) is 9.88 Å². The van der Waals surface area contributed by atoms with Gasteiger partial charge in [-0.1, -0.05) is 6.07 Å². The minimum absolute atomic E-state index is 0.00397. The molecule has 0 radical (unpaired) electrons. The van der Waals surface area contributed by atoms with E-state index in [1.807, 2.05) is 19.1 Å². The van der Waals surface area contributed by atoms with Crippen LogP contribution in [0.15, 0.2) is 18.2 Å². The van der Waals surface area contributed by atoms with Gasteiger partial charge < -0.3 is 15.7 Å². The Morgan fingerprint density at radius 1 is 1.50 bits per heavy atom. The highest BCUT2D eigenvalue weighted by Gasteiger charge is 2.23. The first-order chi connectivity index (χ1) is 8.58. The predicted octanol–water partition coefficient (Wildman–Crippen LogP) is 0.963. The maximum Gasteiger partial charge on any atom is 0.141 e. The van der Waals surface area contributed by atoms with Gasteiger partial charge in [-0.05, 0) is 37.8 Å². The second-order valence-electron chi connectivity index (χ2n) is 4.86. The molecular formula is C13H20N4O. The van der Waals surface area contributed by atoms with Crippen molar-refractivity contribution in [3.63, 3.8) is 0 Å². The van der Waals surface area contributed by atoms with Gasteiger partial charge in [0.05, 0.1) is 6.10 Å². The molecular weight excluding hydrogens is 228 g/mol. The fraction of sp³-hybridized carbons (Fsp3) is 0.538. The summed E-state index contributed by atoms with van der Waals surface area (Å²) in [6.07, 6.45) is 1.72. The first-order valence-corrected chi connectivity index (χ1v) is 6.32. The highest BCUT2D eigenvalue weighted by atomic mass is 16.3. The molecule has 0 spiro atoms. The fourth-order valence-electron chi connectivity index (χ4n) is 2.36. The lowest BCUT2D eigenvalue weighted by Gasteiger charge is -2.34. The van der Waals surface area contributed by atoms with Crippen molar-refractivity contribution < 1.29 is 5.11 Å². The van der Waals surface area contributed by atoms with Gasteiger partial charge in [-0.3, -0.25) is 5.41 Å². The summed E-state index contributed by atoms with van der Waals surface area (Å²) in [6, 6.07) is 5.56. The maximum atomic E-state index is 9.57. The van der Waals surface area contributed by atoms with Crippen LogP contribution in [0.1, 0.15) is 25.5 Å². The predicted molar refractivity (Wildman–Crippen MR) is 71.9 cm³/mol. The van der Waals surface area contributed by atoms with E-state index in [0.29, 0.717) is 11.6 Å². The van der Waals surface area contributed by atoms with E-state index in [0.717, 1.165) is 31.7 Å². The molecule has 2 heterocycles. The Bertz CT molecular complexity index is 425. The molecule has 18 heavy (non-hydrogen) atoms. The molecule has 0 saturated carbocycles. The number of hydrogen-bond acceptors (Lipinski definition) is 4. The third kappa shape index (κ3) is 2.79. The van der Waals surface area contributed by atoms with Crippen LogP contribution in [0.2, 0.25) is 0 Å². The average Bonchev–Trinajstić information content (AvgIpc) is 2.39. The van der Waals surface area contributed by atoms with E-state index in [1.165, 1.54) is 0 Å². The third-order valence-corrected chi connectivity index (χ3v) is 3.56. The number of piperidine rings is 1. The molecule has 1 aliphatic rings. The van der Waals surface area contributed by atoms with Gasteiger partial charge in [-0.15, -0.1) is 0 Å². The van der Waals surface area contributed by atoms with Crippen molar-refractivity contribution in [1.29, 1.82) is 5.41 Å². The van der Waals surface area contributed by atoms with Gasteiger partial charge in [0.2, 0.25) is 0 Å². The number of rotatable bonds is 3. The van der Waals surface area contributed by atoms with Crippen molar-refractivity contribution in [2.45, 2.75) is 25.9 Å². The summed E-state index contributed by atoms with van der Waals surface area (Å²) < 4.78 is 0. The number of aliphatic hydroxyl groups excluding tert-OH is 1. The molecule has 98 valence electrons. The lowest BCUT2D eigenvalue weighted by molar-refractivity contribution is 0.110. The van der Waals surface area contributed by atoms with E-state index < -0.39 is 0 Å². The van der Waals surface area contributed by atoms with E-state index in [-0.39, 0.29) is 11.9 Å². The van der Waals surface area contributed by atoms with Gasteiger partial charge in [0, 0.05) is 13.1 Å². The van der Waals surface area contributed by atoms with E-state index >= 15 is 0 Å². The van der Waals surface area contributed by atoms with Crippen LogP contribution >= 0.6 is 0 Å². The molecule has 2 rings (SSSR count). The Morgan fingerprint density at radius 3 is 2.72 bits per heavy atom. The van der Waals surface area contributed by atoms with Crippen molar-refractivity contribution >= 4 is 11.7 Å². The summed E-state index contributed by atoms with van der Waals surface area (Å²) in [7, 11) is 0. The second-order valence-corrected chi connectivity index (χ2v) is 4.86. The Balaban J connectivity index is 2.05. The number of hydrogen-bond donors (Lipinski definition) is 3. The molecule has 5 heteroatoms. The zero-order valence-electron chi connectivity index (χ0n) is 10.6. The van der Waals surface area contributed by atoms with Crippen molar-refractivity contribution in [2.75, 3.05) is 18.0 Å². The van der Waals surface area contributed by atoms with Crippen LogP contribution in [-0.4, -0.2) is 35.1 Å². The maximum absolute atomic E-state index is 9.57. The molecule has 1 atom stereocenters. The van der Waals surface area contributed by atoms with Crippen molar-refractivity contribution in [2.24, 2.45) is 11.7 Å². The zero-order chi connectivity index (χ0) is 13.1. The summed E-state index contributed by atoms with van der Waals surface area (Å²) in [5, 5.41) is 17.0. The Morgan fingerprint density at radius 2 is 2.17 bits per heavy atom. The molecule has 1 fully saturated rings. The molecule has 0 aromatic carbocycles. The molecule has 1 saturated heterocycles. The van der Waals surface area contributed by atoms with Crippen LogP contribution < -0.4 is 10.6 Å². The third-order valence-electron chi connectivity index (χ3n) is 3.56. The van der Waals surface area contributed by atoms with Crippen LogP contribution in [0.5, 0.6) is 0 Å². The van der Waals surface area contributed by atoms with E-state index in [4.69, 9.17) is 11.1 Å². The highest BCUT2D eigenvalue weighted by Crippen LogP contribution is 2.24. The summed E-state index contributed by atoms with van der Waals surface area (Å²) in [5.41, 5.74) is 5.96. The standard InChI is InChI=1S/C13H20N4O/c1-9(18)10-5-7-17(8-6-10)12-4-2-3-11(16-12)13(14)15/h2-4,9-10,18H,5-8H2,1H3,(H3,14,15). The zero-order valence-corrected chi connectivity index (χ0v) is 10.6. The molecule has 1 aromatic rings. The SMILES string of the molecule is CC(O)C1CCN(c2cccc(C(=N)N)n2)CC1. The smallest absolute Gasteiger partial charge is 0.141 e. The van der Waals surface area contributed by atoms with Crippen LogP contribution in [-0.2, 0) is 0 Å². The highest BCUT2D eigenvalue weighted by molar-refractivity contribution is 5.93. The van der Waals surface area contributed by atoms with Crippen molar-refractivity contribution in [3.8, 4) is 0 Å². The van der Waals surface area contributed by atoms with Crippen LogP contribution in [0.25, 0.3) is 0 Å². The number of anilines is 1. The fourth-order valence-corrected chi connectivity index (χ4v) is 2.36. The number of aliphatic hydroxyl groups is 1. The summed E-state index contributed by atoms with van der Waals surface area (Å²) in [5.74, 6) is 1.25. The van der Waals surface area contributed by atoms with Gasteiger partial charge in [-0.2, -0.15) is 0 Å². The number of nitrogens with zero attached hydrogens (tertiary/aromatic N) is 2. The molecule has 0 amide bonds. The monoisotopic (exact) mass is 248 g/mol.